The number of aromatic amines is 1. The van der Waals surface area contributed by atoms with Crippen molar-refractivity contribution >= 4 is 28.6 Å². The smallest absolute Gasteiger partial charge is 0.337 e. The Morgan fingerprint density at radius 1 is 1.07 bits per heavy atom. The van der Waals surface area contributed by atoms with Crippen LogP contribution in [0.2, 0.25) is 0 Å². The molecule has 4 bridgehead atoms. The number of hydrogen-bond donors (Lipinski definition) is 1. The van der Waals surface area contributed by atoms with Crippen LogP contribution in [0.25, 0.3) is 22.3 Å². The van der Waals surface area contributed by atoms with Gasteiger partial charge in [0.1, 0.15) is 11.6 Å². The van der Waals surface area contributed by atoms with Crippen LogP contribution < -0.4 is 4.74 Å². The molecule has 1 N–H and O–H groups in total. The Morgan fingerprint density at radius 3 is 2.70 bits per heavy atom. The van der Waals surface area contributed by atoms with E-state index in [1.54, 1.807) is 30.1 Å². The van der Waals surface area contributed by atoms with Crippen LogP contribution in [0, 0.1) is 17.0 Å². The zero-order chi connectivity index (χ0) is 32.6. The lowest BCUT2D eigenvalue weighted by atomic mass is 9.75. The standard InChI is InChI=1S/C36H38F2N4O3S/c1-35(2)14-7-15-36(3,23-9-6-8-22(18-23)33(43)44-5)34-40-32(42(4)41-34)27-19-24(10-11-28(27)37)45-31-26(13-17-46-21-35)25-12-16-39-30(25)20-29(31)38/h6,8-12,16,18-20,39H,7,13-15,17,21H2,1-5H3. The van der Waals surface area contributed by atoms with Gasteiger partial charge in [-0.25, -0.2) is 23.2 Å². The summed E-state index contributed by atoms with van der Waals surface area (Å²) in [6.07, 6.45) is 4.93. The molecule has 10 heteroatoms. The monoisotopic (exact) mass is 644 g/mol. The minimum atomic E-state index is -0.691. The van der Waals surface area contributed by atoms with Gasteiger partial charge in [-0.2, -0.15) is 16.9 Å². The van der Waals surface area contributed by atoms with Gasteiger partial charge in [-0.05, 0) is 85.1 Å². The molecule has 46 heavy (non-hydrogen) atoms. The van der Waals surface area contributed by atoms with E-state index in [2.05, 4.69) is 25.8 Å². The summed E-state index contributed by atoms with van der Waals surface area (Å²) >= 11 is 1.84. The highest BCUT2D eigenvalue weighted by atomic mass is 32.2. The Kier molecular flexibility index (Phi) is 8.67. The fourth-order valence-corrected chi connectivity index (χ4v) is 7.49. The Labute approximate surface area is 271 Å². The van der Waals surface area contributed by atoms with Crippen LogP contribution >= 0.6 is 11.8 Å². The number of aromatic nitrogens is 4. The largest absolute Gasteiger partial charge is 0.465 e. The van der Waals surface area contributed by atoms with Crippen molar-refractivity contribution in [1.29, 1.82) is 0 Å². The second-order valence-electron chi connectivity index (χ2n) is 13.0. The number of benzene rings is 3. The average Bonchev–Trinajstić information content (AvgIpc) is 3.67. The minimum absolute atomic E-state index is 0.0266. The molecular weight excluding hydrogens is 606 g/mol. The van der Waals surface area contributed by atoms with E-state index >= 15 is 8.78 Å². The minimum Gasteiger partial charge on any atom is -0.465 e. The molecule has 1 aliphatic heterocycles. The topological polar surface area (TPSA) is 82.0 Å². The lowest BCUT2D eigenvalue weighted by Crippen LogP contribution is -2.27. The van der Waals surface area contributed by atoms with Gasteiger partial charge >= 0.3 is 5.97 Å². The number of halogens is 2. The molecule has 0 saturated carbocycles. The van der Waals surface area contributed by atoms with Crippen molar-refractivity contribution in [1.82, 2.24) is 19.7 Å². The summed E-state index contributed by atoms with van der Waals surface area (Å²) < 4.78 is 43.9. The van der Waals surface area contributed by atoms with E-state index in [0.717, 1.165) is 40.9 Å². The van der Waals surface area contributed by atoms with Crippen molar-refractivity contribution in [3.63, 3.8) is 0 Å². The zero-order valence-electron chi connectivity index (χ0n) is 26.7. The van der Waals surface area contributed by atoms with Crippen molar-refractivity contribution in [2.75, 3.05) is 18.6 Å². The van der Waals surface area contributed by atoms with Gasteiger partial charge in [-0.15, -0.1) is 0 Å². The maximum Gasteiger partial charge on any atom is 0.337 e. The van der Waals surface area contributed by atoms with Crippen LogP contribution in [0.15, 0.2) is 60.8 Å². The van der Waals surface area contributed by atoms with Gasteiger partial charge in [0.2, 0.25) is 0 Å². The van der Waals surface area contributed by atoms with Gasteiger partial charge in [0.15, 0.2) is 23.2 Å². The fraction of sp³-hybridized carbons (Fsp3) is 0.361. The summed E-state index contributed by atoms with van der Waals surface area (Å²) in [4.78, 5) is 20.5. The van der Waals surface area contributed by atoms with Gasteiger partial charge in [0.05, 0.1) is 23.7 Å². The van der Waals surface area contributed by atoms with Crippen molar-refractivity contribution in [2.24, 2.45) is 12.5 Å². The van der Waals surface area contributed by atoms with Gasteiger partial charge in [-0.3, -0.25) is 0 Å². The molecular formula is C36H38F2N4O3S. The number of nitrogens with one attached hydrogen (secondary N) is 1. The first-order valence-electron chi connectivity index (χ1n) is 15.4. The molecule has 0 fully saturated rings. The van der Waals surface area contributed by atoms with Crippen molar-refractivity contribution in [3.8, 4) is 22.9 Å². The first kappa shape index (κ1) is 31.8. The summed E-state index contributed by atoms with van der Waals surface area (Å²) in [5.41, 5.74) is 2.32. The molecule has 3 heterocycles. The molecule has 0 amide bonds. The summed E-state index contributed by atoms with van der Waals surface area (Å²) in [5, 5.41) is 5.72. The summed E-state index contributed by atoms with van der Waals surface area (Å²) in [7, 11) is 3.09. The molecule has 1 unspecified atom stereocenters. The number of H-pyrrole nitrogens is 1. The van der Waals surface area contributed by atoms with E-state index in [0.29, 0.717) is 41.3 Å². The number of esters is 1. The molecule has 0 aliphatic carbocycles. The highest BCUT2D eigenvalue weighted by Crippen LogP contribution is 2.41. The predicted octanol–water partition coefficient (Wildman–Crippen LogP) is 8.61. The third-order valence-electron chi connectivity index (χ3n) is 8.96. The number of aryl methyl sites for hydroxylation is 2. The third kappa shape index (κ3) is 6.15. The molecule has 0 saturated heterocycles. The molecule has 1 atom stereocenters. The van der Waals surface area contributed by atoms with Crippen LogP contribution in [-0.4, -0.2) is 44.3 Å². The Hall–Kier alpha value is -4.18. The third-order valence-corrected chi connectivity index (χ3v) is 10.4. The predicted molar refractivity (Wildman–Crippen MR) is 178 cm³/mol. The van der Waals surface area contributed by atoms with Gasteiger partial charge in [0, 0.05) is 35.8 Å². The van der Waals surface area contributed by atoms with Crippen molar-refractivity contribution in [2.45, 2.75) is 51.9 Å². The molecule has 240 valence electrons. The average molecular weight is 645 g/mol. The maximum atomic E-state index is 15.6. The van der Waals surface area contributed by atoms with Gasteiger partial charge in [0.25, 0.3) is 0 Å². The number of rotatable bonds is 2. The number of nitrogens with zero attached hydrogens (tertiary/aromatic N) is 3. The highest BCUT2D eigenvalue weighted by Gasteiger charge is 2.35. The molecule has 2 aromatic heterocycles. The van der Waals surface area contributed by atoms with E-state index in [4.69, 9.17) is 19.6 Å². The summed E-state index contributed by atoms with van der Waals surface area (Å²) in [5.74, 6) is 1.56. The number of fused-ring (bicyclic) bond motifs is 8. The first-order chi connectivity index (χ1) is 22.0. The zero-order valence-corrected chi connectivity index (χ0v) is 27.6. The molecule has 3 aromatic carbocycles. The Morgan fingerprint density at radius 2 is 1.89 bits per heavy atom. The van der Waals surface area contributed by atoms with E-state index < -0.39 is 23.0 Å². The Bertz CT molecular complexity index is 1920. The lowest BCUT2D eigenvalue weighted by molar-refractivity contribution is 0.0600. The summed E-state index contributed by atoms with van der Waals surface area (Å²) in [6.45, 7) is 6.60. The van der Waals surface area contributed by atoms with E-state index in [1.165, 1.54) is 25.3 Å². The number of methoxy groups -OCH3 is 1. The SMILES string of the molecule is COC(=O)c1cccc(C2(C)CCCC(C)(C)CSCCc3c(c(F)cc4[nH]ccc34)Oc3ccc(F)c(c3)-c3nc2nn3C)c1. The van der Waals surface area contributed by atoms with Crippen LogP contribution in [0.4, 0.5) is 8.78 Å². The van der Waals surface area contributed by atoms with Crippen molar-refractivity contribution in [3.05, 3.63) is 94.9 Å². The van der Waals surface area contributed by atoms with Crippen LogP contribution in [0.1, 0.15) is 67.3 Å². The lowest BCUT2D eigenvalue weighted by Gasteiger charge is -2.30. The summed E-state index contributed by atoms with van der Waals surface area (Å²) in [6, 6.07) is 15.1. The normalized spacial score (nSPS) is 18.7. The number of thioether (sulfide) groups is 1. The number of hydrogen-bond acceptors (Lipinski definition) is 6. The van der Waals surface area contributed by atoms with Crippen LogP contribution in [-0.2, 0) is 23.6 Å². The van der Waals surface area contributed by atoms with E-state index in [-0.39, 0.29) is 16.7 Å². The molecule has 5 aromatic rings. The van der Waals surface area contributed by atoms with E-state index in [1.807, 2.05) is 36.0 Å². The molecule has 6 rings (SSSR count). The molecule has 0 spiro atoms. The number of ether oxygens (including phenoxy) is 2. The second kappa shape index (κ2) is 12.5. The van der Waals surface area contributed by atoms with Crippen LogP contribution in [0.3, 0.4) is 0 Å². The van der Waals surface area contributed by atoms with Gasteiger partial charge < -0.3 is 14.5 Å². The molecule has 0 radical (unpaired) electrons. The molecule has 1 aliphatic rings. The second-order valence-corrected chi connectivity index (χ2v) is 14.1. The highest BCUT2D eigenvalue weighted by molar-refractivity contribution is 7.99. The fourth-order valence-electron chi connectivity index (χ4n) is 6.30. The van der Waals surface area contributed by atoms with Crippen molar-refractivity contribution < 1.29 is 23.0 Å². The first-order valence-corrected chi connectivity index (χ1v) is 16.6. The number of carbonyl (C=O) groups is 1. The van der Waals surface area contributed by atoms with E-state index in [9.17, 15) is 4.79 Å². The maximum absolute atomic E-state index is 15.6. The van der Waals surface area contributed by atoms with Gasteiger partial charge in [-0.1, -0.05) is 32.4 Å². The Balaban J connectivity index is 1.49. The molecule has 7 nitrogen and oxygen atoms in total. The number of carbonyl (C=O) groups excluding carboxylic acids is 1. The van der Waals surface area contributed by atoms with Crippen LogP contribution in [0.5, 0.6) is 11.5 Å². The quantitative estimate of drug-likeness (QED) is 0.194.